The monoisotopic (exact) mass is 247 g/mol. The third-order valence-corrected chi connectivity index (χ3v) is 2.36. The maximum absolute atomic E-state index is 11.8. The van der Waals surface area contributed by atoms with Crippen LogP contribution in [-0.4, -0.2) is 23.7 Å². The van der Waals surface area contributed by atoms with E-state index in [1.807, 2.05) is 6.07 Å². The van der Waals surface area contributed by atoms with Gasteiger partial charge in [-0.2, -0.15) is 5.26 Å². The molecule has 0 aliphatic carbocycles. The molecule has 1 rings (SSSR count). The number of esters is 1. The summed E-state index contributed by atoms with van der Waals surface area (Å²) < 4.78 is 4.88. The molecule has 18 heavy (non-hydrogen) atoms. The zero-order chi connectivity index (χ0) is 13.5. The van der Waals surface area contributed by atoms with Gasteiger partial charge < -0.3 is 9.84 Å². The van der Waals surface area contributed by atoms with Crippen molar-refractivity contribution >= 4 is 11.9 Å². The molecular formula is C13H13NO4. The molecule has 5 nitrogen and oxygen atoms in total. The van der Waals surface area contributed by atoms with Crippen molar-refractivity contribution < 1.29 is 19.4 Å². The number of carboxylic acids is 1. The fourth-order valence-corrected chi connectivity index (χ4v) is 1.59. The number of aliphatic carboxylic acids is 1. The Morgan fingerprint density at radius 3 is 2.72 bits per heavy atom. The minimum absolute atomic E-state index is 0.0959. The smallest absolute Gasteiger partial charge is 0.339 e. The van der Waals surface area contributed by atoms with Gasteiger partial charge in [0.2, 0.25) is 0 Å². The molecule has 0 fully saturated rings. The lowest BCUT2D eigenvalue weighted by Gasteiger charge is -2.09. The van der Waals surface area contributed by atoms with E-state index in [-0.39, 0.29) is 30.6 Å². The number of hydrogen-bond donors (Lipinski definition) is 1. The predicted molar refractivity (Wildman–Crippen MR) is 63.1 cm³/mol. The largest absolute Gasteiger partial charge is 0.481 e. The van der Waals surface area contributed by atoms with Crippen molar-refractivity contribution in [3.05, 3.63) is 34.9 Å². The summed E-state index contributed by atoms with van der Waals surface area (Å²) in [7, 11) is 0. The van der Waals surface area contributed by atoms with E-state index in [0.717, 1.165) is 0 Å². The van der Waals surface area contributed by atoms with Crippen LogP contribution in [0.15, 0.2) is 18.2 Å². The quantitative estimate of drug-likeness (QED) is 0.801. The first-order valence-corrected chi connectivity index (χ1v) is 5.51. The fourth-order valence-electron chi connectivity index (χ4n) is 1.59. The Balaban J connectivity index is 3.12. The van der Waals surface area contributed by atoms with Crippen molar-refractivity contribution in [2.24, 2.45) is 0 Å². The van der Waals surface area contributed by atoms with Gasteiger partial charge in [-0.15, -0.1) is 0 Å². The predicted octanol–water partition coefficient (Wildman–Crippen LogP) is 1.75. The van der Waals surface area contributed by atoms with Crippen molar-refractivity contribution in [3.63, 3.8) is 0 Å². The van der Waals surface area contributed by atoms with Gasteiger partial charge in [0.1, 0.15) is 6.07 Å². The van der Waals surface area contributed by atoms with E-state index >= 15 is 0 Å². The number of hydrogen-bond acceptors (Lipinski definition) is 4. The normalized spacial score (nSPS) is 9.56. The molecule has 0 unspecified atom stereocenters. The average molecular weight is 247 g/mol. The highest BCUT2D eigenvalue weighted by atomic mass is 16.5. The third-order valence-electron chi connectivity index (χ3n) is 2.36. The maximum atomic E-state index is 11.8. The lowest BCUT2D eigenvalue weighted by atomic mass is 9.98. The fraction of sp³-hybridized carbons (Fsp3) is 0.308. The van der Waals surface area contributed by atoms with Crippen molar-refractivity contribution in [3.8, 4) is 6.07 Å². The lowest BCUT2D eigenvalue weighted by Crippen LogP contribution is -2.11. The van der Waals surface area contributed by atoms with Crippen LogP contribution in [0.3, 0.4) is 0 Å². The van der Waals surface area contributed by atoms with Gasteiger partial charge in [-0.1, -0.05) is 12.1 Å². The minimum atomic E-state index is -0.952. The molecule has 94 valence electrons. The van der Waals surface area contributed by atoms with Gasteiger partial charge in [-0.3, -0.25) is 4.79 Å². The SMILES string of the molecule is CCOC(=O)c1c(C#N)cccc1CCC(=O)O. The summed E-state index contributed by atoms with van der Waals surface area (Å²) in [6, 6.07) is 6.68. The lowest BCUT2D eigenvalue weighted by molar-refractivity contribution is -0.136. The van der Waals surface area contributed by atoms with Crippen LogP contribution in [-0.2, 0) is 16.0 Å². The summed E-state index contributed by atoms with van der Waals surface area (Å²) in [5.74, 6) is -1.54. The van der Waals surface area contributed by atoms with Gasteiger partial charge in [0.25, 0.3) is 0 Å². The highest BCUT2D eigenvalue weighted by Crippen LogP contribution is 2.17. The van der Waals surface area contributed by atoms with E-state index in [1.54, 1.807) is 19.1 Å². The van der Waals surface area contributed by atoms with E-state index in [9.17, 15) is 9.59 Å². The number of carbonyl (C=O) groups is 2. The molecule has 0 aliphatic heterocycles. The number of benzene rings is 1. The molecule has 0 saturated carbocycles. The maximum Gasteiger partial charge on any atom is 0.339 e. The number of ether oxygens (including phenoxy) is 1. The van der Waals surface area contributed by atoms with E-state index in [1.165, 1.54) is 6.07 Å². The highest BCUT2D eigenvalue weighted by molar-refractivity contribution is 5.94. The summed E-state index contributed by atoms with van der Waals surface area (Å²) in [6.07, 6.45) is 0.0975. The second-order valence-corrected chi connectivity index (χ2v) is 3.57. The van der Waals surface area contributed by atoms with Crippen molar-refractivity contribution in [2.75, 3.05) is 6.61 Å². The number of rotatable bonds is 5. The van der Waals surface area contributed by atoms with Crippen LogP contribution in [0.25, 0.3) is 0 Å². The summed E-state index contributed by atoms with van der Waals surface area (Å²) in [5.41, 5.74) is 0.898. The summed E-state index contributed by atoms with van der Waals surface area (Å²) in [6.45, 7) is 1.88. The topological polar surface area (TPSA) is 87.4 Å². The van der Waals surface area contributed by atoms with E-state index < -0.39 is 11.9 Å². The zero-order valence-electron chi connectivity index (χ0n) is 9.97. The van der Waals surface area contributed by atoms with Crippen LogP contribution >= 0.6 is 0 Å². The Labute approximate surface area is 105 Å². The number of carbonyl (C=O) groups excluding carboxylic acids is 1. The van der Waals surface area contributed by atoms with Crippen LogP contribution in [0.5, 0.6) is 0 Å². The summed E-state index contributed by atoms with van der Waals surface area (Å²) in [5, 5.41) is 17.6. The number of aryl methyl sites for hydroxylation is 1. The molecule has 5 heteroatoms. The molecule has 0 atom stereocenters. The number of carboxylic acid groups (broad SMARTS) is 1. The molecule has 1 N–H and O–H groups in total. The Hall–Kier alpha value is -2.35. The second kappa shape index (κ2) is 6.40. The van der Waals surface area contributed by atoms with E-state index in [0.29, 0.717) is 5.56 Å². The summed E-state index contributed by atoms with van der Waals surface area (Å²) >= 11 is 0. The molecule has 1 aromatic carbocycles. The average Bonchev–Trinajstić information content (AvgIpc) is 2.35. The molecule has 0 amide bonds. The van der Waals surface area contributed by atoms with Gasteiger partial charge in [0, 0.05) is 6.42 Å². The van der Waals surface area contributed by atoms with Crippen LogP contribution in [0, 0.1) is 11.3 Å². The first kappa shape index (κ1) is 13.7. The van der Waals surface area contributed by atoms with Gasteiger partial charge in [0.15, 0.2) is 0 Å². The number of nitrogens with zero attached hydrogens (tertiary/aromatic N) is 1. The molecule has 1 aromatic rings. The molecule has 0 heterocycles. The van der Waals surface area contributed by atoms with Gasteiger partial charge in [-0.25, -0.2) is 4.79 Å². The molecule has 0 saturated heterocycles. The summed E-state index contributed by atoms with van der Waals surface area (Å²) in [4.78, 5) is 22.3. The second-order valence-electron chi connectivity index (χ2n) is 3.57. The van der Waals surface area contributed by atoms with Gasteiger partial charge >= 0.3 is 11.9 Å². The van der Waals surface area contributed by atoms with Gasteiger partial charge in [-0.05, 0) is 25.0 Å². The first-order chi connectivity index (χ1) is 8.60. The molecular weight excluding hydrogens is 234 g/mol. The molecule has 0 spiro atoms. The van der Waals surface area contributed by atoms with Crippen LogP contribution in [0.4, 0.5) is 0 Å². The molecule has 0 bridgehead atoms. The zero-order valence-corrected chi connectivity index (χ0v) is 9.97. The first-order valence-electron chi connectivity index (χ1n) is 5.51. The Morgan fingerprint density at radius 2 is 2.17 bits per heavy atom. The van der Waals surface area contributed by atoms with Gasteiger partial charge in [0.05, 0.1) is 17.7 Å². The molecule has 0 aromatic heterocycles. The van der Waals surface area contributed by atoms with Crippen LogP contribution < -0.4 is 0 Å². The van der Waals surface area contributed by atoms with E-state index in [4.69, 9.17) is 15.1 Å². The van der Waals surface area contributed by atoms with Crippen molar-refractivity contribution in [2.45, 2.75) is 19.8 Å². The molecule has 0 aliphatic rings. The van der Waals surface area contributed by atoms with Crippen molar-refractivity contribution in [1.82, 2.24) is 0 Å². The Bertz CT molecular complexity index is 502. The standard InChI is InChI=1S/C13H13NO4/c1-2-18-13(17)12-9(6-7-11(15)16)4-3-5-10(12)8-14/h3-5H,2,6-7H2,1H3,(H,15,16). The third kappa shape index (κ3) is 3.32. The Kier molecular flexibility index (Phi) is 4.88. The van der Waals surface area contributed by atoms with E-state index in [2.05, 4.69) is 0 Å². The van der Waals surface area contributed by atoms with Crippen molar-refractivity contribution in [1.29, 1.82) is 5.26 Å². The Morgan fingerprint density at radius 1 is 1.44 bits per heavy atom. The molecule has 0 radical (unpaired) electrons. The number of nitriles is 1. The van der Waals surface area contributed by atoms with Crippen LogP contribution in [0.1, 0.15) is 34.8 Å². The highest BCUT2D eigenvalue weighted by Gasteiger charge is 2.17. The minimum Gasteiger partial charge on any atom is -0.481 e. The van der Waals surface area contributed by atoms with Crippen LogP contribution in [0.2, 0.25) is 0 Å².